The summed E-state index contributed by atoms with van der Waals surface area (Å²) in [5.74, 6) is 0.0548. The van der Waals surface area contributed by atoms with E-state index < -0.39 is 0 Å². The molecule has 0 saturated carbocycles. The Bertz CT molecular complexity index is 658. The highest BCUT2D eigenvalue weighted by atomic mass is 35.5. The normalized spacial score (nSPS) is 18.8. The van der Waals surface area contributed by atoms with Crippen molar-refractivity contribution in [1.29, 1.82) is 0 Å². The summed E-state index contributed by atoms with van der Waals surface area (Å²) in [5, 5.41) is 4.77. The van der Waals surface area contributed by atoms with Crippen molar-refractivity contribution in [1.82, 2.24) is 15.2 Å². The average molecular weight is 322 g/mol. The molecule has 1 fully saturated rings. The first-order valence-corrected chi connectivity index (χ1v) is 8.08. The van der Waals surface area contributed by atoms with Gasteiger partial charge in [0.15, 0.2) is 0 Å². The highest BCUT2D eigenvalue weighted by Crippen LogP contribution is 2.31. The van der Waals surface area contributed by atoms with Crippen molar-refractivity contribution in [3.8, 4) is 10.6 Å². The molecule has 1 aromatic carbocycles. The van der Waals surface area contributed by atoms with Crippen LogP contribution < -0.4 is 5.32 Å². The fourth-order valence-corrected chi connectivity index (χ4v) is 3.61. The zero-order chi connectivity index (χ0) is 14.8. The number of amides is 1. The summed E-state index contributed by atoms with van der Waals surface area (Å²) in [6.07, 6.45) is 1.65. The smallest absolute Gasteiger partial charge is 0.265 e. The Morgan fingerprint density at radius 1 is 1.48 bits per heavy atom. The van der Waals surface area contributed by atoms with Gasteiger partial charge in [-0.05, 0) is 13.0 Å². The summed E-state index contributed by atoms with van der Waals surface area (Å²) >= 11 is 7.57. The molecule has 2 heterocycles. The van der Waals surface area contributed by atoms with Crippen LogP contribution in [0.1, 0.15) is 16.6 Å². The minimum atomic E-state index is 0.0548. The molecule has 0 aliphatic carbocycles. The van der Waals surface area contributed by atoms with E-state index >= 15 is 0 Å². The van der Waals surface area contributed by atoms with E-state index in [1.54, 1.807) is 6.20 Å². The first-order chi connectivity index (χ1) is 10.1. The second-order valence-electron chi connectivity index (χ2n) is 5.12. The molecule has 0 radical (unpaired) electrons. The Morgan fingerprint density at radius 2 is 2.29 bits per heavy atom. The summed E-state index contributed by atoms with van der Waals surface area (Å²) in [4.78, 5) is 19.4. The molecule has 4 nitrogen and oxygen atoms in total. The van der Waals surface area contributed by atoms with E-state index in [1.165, 1.54) is 11.3 Å². The first-order valence-electron chi connectivity index (χ1n) is 6.88. The van der Waals surface area contributed by atoms with Crippen molar-refractivity contribution < 1.29 is 4.79 Å². The van der Waals surface area contributed by atoms with E-state index in [0.29, 0.717) is 15.9 Å². The van der Waals surface area contributed by atoms with Gasteiger partial charge in [-0.1, -0.05) is 29.8 Å². The number of aromatic nitrogens is 1. The highest BCUT2D eigenvalue weighted by molar-refractivity contribution is 7.17. The summed E-state index contributed by atoms with van der Waals surface area (Å²) < 4.78 is 0. The summed E-state index contributed by atoms with van der Waals surface area (Å²) in [6, 6.07) is 7.88. The van der Waals surface area contributed by atoms with Gasteiger partial charge in [-0.2, -0.15) is 0 Å². The second kappa shape index (κ2) is 6.13. The molecular weight excluding hydrogens is 306 g/mol. The summed E-state index contributed by atoms with van der Waals surface area (Å²) in [6.45, 7) is 4.39. The third kappa shape index (κ3) is 3.10. The van der Waals surface area contributed by atoms with Crippen LogP contribution in [0.4, 0.5) is 0 Å². The number of carbonyl (C=O) groups is 1. The lowest BCUT2D eigenvalue weighted by molar-refractivity contribution is 0.0714. The van der Waals surface area contributed by atoms with E-state index in [0.717, 1.165) is 30.2 Å². The van der Waals surface area contributed by atoms with Gasteiger partial charge < -0.3 is 10.2 Å². The Morgan fingerprint density at radius 3 is 3.05 bits per heavy atom. The Labute approximate surface area is 132 Å². The predicted octanol–water partition coefficient (Wildman–Crippen LogP) is 2.90. The molecular formula is C15H16ClN3OS. The summed E-state index contributed by atoms with van der Waals surface area (Å²) in [7, 11) is 0. The monoisotopic (exact) mass is 321 g/mol. The van der Waals surface area contributed by atoms with Crippen LogP contribution in [0.3, 0.4) is 0 Å². The molecule has 1 aromatic heterocycles. The maximum absolute atomic E-state index is 12.5. The maximum atomic E-state index is 12.5. The van der Waals surface area contributed by atoms with Gasteiger partial charge in [0, 0.05) is 31.2 Å². The zero-order valence-electron chi connectivity index (χ0n) is 11.7. The largest absolute Gasteiger partial charge is 0.335 e. The van der Waals surface area contributed by atoms with Gasteiger partial charge >= 0.3 is 0 Å². The lowest BCUT2D eigenvalue weighted by Gasteiger charge is -2.31. The number of nitrogens with zero attached hydrogens (tertiary/aromatic N) is 2. The van der Waals surface area contributed by atoms with Crippen molar-refractivity contribution in [3.05, 3.63) is 40.4 Å². The molecule has 110 valence electrons. The molecule has 1 aliphatic rings. The molecule has 2 aromatic rings. The highest BCUT2D eigenvalue weighted by Gasteiger charge is 2.23. The average Bonchev–Trinajstić information content (AvgIpc) is 2.96. The molecule has 1 atom stereocenters. The summed E-state index contributed by atoms with van der Waals surface area (Å²) in [5.41, 5.74) is 0.872. The molecule has 1 amide bonds. The van der Waals surface area contributed by atoms with Crippen LogP contribution in [0.2, 0.25) is 5.02 Å². The number of nitrogens with one attached hydrogen (secondary N) is 1. The number of hydrogen-bond donors (Lipinski definition) is 1. The molecule has 1 saturated heterocycles. The van der Waals surface area contributed by atoms with Crippen LogP contribution in [-0.2, 0) is 0 Å². The molecule has 21 heavy (non-hydrogen) atoms. The predicted molar refractivity (Wildman–Crippen MR) is 85.9 cm³/mol. The Kier molecular flexibility index (Phi) is 4.24. The van der Waals surface area contributed by atoms with Crippen LogP contribution >= 0.6 is 22.9 Å². The molecule has 1 N–H and O–H groups in total. The zero-order valence-corrected chi connectivity index (χ0v) is 13.2. The molecule has 0 bridgehead atoms. The van der Waals surface area contributed by atoms with Crippen LogP contribution in [0.15, 0.2) is 30.5 Å². The quantitative estimate of drug-likeness (QED) is 0.925. The van der Waals surface area contributed by atoms with Gasteiger partial charge in [-0.15, -0.1) is 11.3 Å². The van der Waals surface area contributed by atoms with Gasteiger partial charge in [0.05, 0.1) is 11.2 Å². The number of rotatable bonds is 2. The topological polar surface area (TPSA) is 45.2 Å². The lowest BCUT2D eigenvalue weighted by Crippen LogP contribution is -2.51. The third-order valence-electron chi connectivity index (χ3n) is 3.48. The van der Waals surface area contributed by atoms with Crippen molar-refractivity contribution in [2.75, 3.05) is 19.6 Å². The number of hydrogen-bond acceptors (Lipinski definition) is 4. The molecule has 3 rings (SSSR count). The fourth-order valence-electron chi connectivity index (χ4n) is 2.40. The van der Waals surface area contributed by atoms with Crippen LogP contribution in [0.25, 0.3) is 10.6 Å². The molecule has 6 heteroatoms. The van der Waals surface area contributed by atoms with Gasteiger partial charge in [0.1, 0.15) is 9.88 Å². The number of benzene rings is 1. The van der Waals surface area contributed by atoms with E-state index in [9.17, 15) is 4.79 Å². The van der Waals surface area contributed by atoms with Crippen molar-refractivity contribution in [2.45, 2.75) is 13.0 Å². The lowest BCUT2D eigenvalue weighted by atomic mass is 10.2. The maximum Gasteiger partial charge on any atom is 0.265 e. The van der Waals surface area contributed by atoms with E-state index in [4.69, 9.17) is 11.6 Å². The molecule has 1 unspecified atom stereocenters. The van der Waals surface area contributed by atoms with Crippen molar-refractivity contribution >= 4 is 28.8 Å². The van der Waals surface area contributed by atoms with E-state index in [2.05, 4.69) is 17.2 Å². The van der Waals surface area contributed by atoms with Crippen molar-refractivity contribution in [2.24, 2.45) is 0 Å². The molecule has 1 aliphatic heterocycles. The van der Waals surface area contributed by atoms with Crippen LogP contribution in [-0.4, -0.2) is 41.5 Å². The van der Waals surface area contributed by atoms with Crippen LogP contribution in [0, 0.1) is 0 Å². The SMILES string of the molecule is CC1CN(C(=O)c2cnc(-c3ccccc3Cl)s2)CCN1. The van der Waals surface area contributed by atoms with Gasteiger partial charge in [0.25, 0.3) is 5.91 Å². The molecule has 0 spiro atoms. The standard InChI is InChI=1S/C15H16ClN3OS/c1-10-9-19(7-6-17-10)15(20)13-8-18-14(21-13)11-4-2-3-5-12(11)16/h2-5,8,10,17H,6-7,9H2,1H3. The number of thiazole rings is 1. The van der Waals surface area contributed by atoms with Gasteiger partial charge in [0.2, 0.25) is 0 Å². The minimum Gasteiger partial charge on any atom is -0.335 e. The number of piperazine rings is 1. The minimum absolute atomic E-state index is 0.0548. The Hall–Kier alpha value is -1.43. The third-order valence-corrected chi connectivity index (χ3v) is 4.82. The Balaban J connectivity index is 1.82. The second-order valence-corrected chi connectivity index (χ2v) is 6.55. The first kappa shape index (κ1) is 14.5. The van der Waals surface area contributed by atoms with Gasteiger partial charge in [-0.3, -0.25) is 4.79 Å². The van der Waals surface area contributed by atoms with Gasteiger partial charge in [-0.25, -0.2) is 4.98 Å². The number of carbonyl (C=O) groups excluding carboxylic acids is 1. The number of halogens is 1. The van der Waals surface area contributed by atoms with E-state index in [-0.39, 0.29) is 5.91 Å². The van der Waals surface area contributed by atoms with E-state index in [1.807, 2.05) is 29.2 Å². The fraction of sp³-hybridized carbons (Fsp3) is 0.333. The van der Waals surface area contributed by atoms with Crippen molar-refractivity contribution in [3.63, 3.8) is 0 Å². The van der Waals surface area contributed by atoms with Crippen LogP contribution in [0.5, 0.6) is 0 Å².